The van der Waals surface area contributed by atoms with Gasteiger partial charge in [0.05, 0.1) is 5.56 Å². The van der Waals surface area contributed by atoms with E-state index in [1.165, 1.54) is 24.3 Å². The second-order valence-corrected chi connectivity index (χ2v) is 10.9. The number of benzene rings is 2. The van der Waals surface area contributed by atoms with E-state index in [1.54, 1.807) is 12.1 Å². The maximum Gasteiger partial charge on any atom is 0.446 e. The fraction of sp³-hybridized carbons (Fsp3) is 0.536. The van der Waals surface area contributed by atoms with Crippen molar-refractivity contribution in [1.82, 2.24) is 9.80 Å². The van der Waals surface area contributed by atoms with Gasteiger partial charge in [0.15, 0.2) is 0 Å². The molecule has 0 bridgehead atoms. The van der Waals surface area contributed by atoms with E-state index < -0.39 is 17.2 Å². The van der Waals surface area contributed by atoms with Gasteiger partial charge in [-0.1, -0.05) is 7.43 Å². The third-order valence-corrected chi connectivity index (χ3v) is 7.82. The van der Waals surface area contributed by atoms with Crippen molar-refractivity contribution in [3.05, 3.63) is 54.1 Å². The van der Waals surface area contributed by atoms with Gasteiger partial charge in [0.2, 0.25) is 5.91 Å². The Morgan fingerprint density at radius 2 is 1.27 bits per heavy atom. The number of thioether (sulfide) groups is 1. The van der Waals surface area contributed by atoms with Crippen molar-refractivity contribution in [1.29, 1.82) is 0 Å². The quantitative estimate of drug-likeness (QED) is 0.268. The van der Waals surface area contributed by atoms with Crippen LogP contribution in [0.25, 0.3) is 0 Å². The summed E-state index contributed by atoms with van der Waals surface area (Å²) in [4.78, 5) is 21.3. The molecule has 5 nitrogen and oxygen atoms in total. The zero-order chi connectivity index (χ0) is 28.0. The molecule has 222 valence electrons. The molecule has 2 aromatic rings. The van der Waals surface area contributed by atoms with Crippen molar-refractivity contribution in [2.24, 2.45) is 0 Å². The van der Waals surface area contributed by atoms with Crippen LogP contribution >= 0.6 is 11.8 Å². The molecule has 4 rings (SSSR count). The van der Waals surface area contributed by atoms with Crippen molar-refractivity contribution < 1.29 is 31.1 Å². The molecule has 2 aliphatic heterocycles. The summed E-state index contributed by atoms with van der Waals surface area (Å²) in [6.45, 7) is 6.39. The molecule has 0 aromatic heterocycles. The molecule has 2 aromatic carbocycles. The Morgan fingerprint density at radius 3 is 1.85 bits per heavy atom. The predicted octanol–water partition coefficient (Wildman–Crippen LogP) is 6.59. The first-order valence-corrected chi connectivity index (χ1v) is 13.8. The number of piperazine rings is 1. The zero-order valence-corrected chi connectivity index (χ0v) is 22.3. The highest BCUT2D eigenvalue weighted by molar-refractivity contribution is 8.00. The molecule has 12 heteroatoms. The first-order chi connectivity index (χ1) is 18.5. The Bertz CT molecular complexity index is 1070. The molecule has 2 fully saturated rings. The smallest absolute Gasteiger partial charge is 0.370 e. The minimum absolute atomic E-state index is 0. The van der Waals surface area contributed by atoms with Gasteiger partial charge in [-0.3, -0.25) is 9.69 Å². The average Bonchev–Trinajstić information content (AvgIpc) is 3.15. The number of hydrogen-bond donors (Lipinski definition) is 0. The van der Waals surface area contributed by atoms with E-state index in [4.69, 9.17) is 0 Å². The van der Waals surface area contributed by atoms with Gasteiger partial charge in [0, 0.05) is 75.0 Å². The van der Waals surface area contributed by atoms with E-state index in [9.17, 15) is 31.1 Å². The highest BCUT2D eigenvalue weighted by atomic mass is 32.2. The topological polar surface area (TPSA) is 30.0 Å². The van der Waals surface area contributed by atoms with Gasteiger partial charge < -0.3 is 14.7 Å². The second-order valence-electron chi connectivity index (χ2n) is 9.74. The average molecular weight is 591 g/mol. The number of nitrogens with zero attached hydrogens (tertiary/aromatic N) is 4. The lowest BCUT2D eigenvalue weighted by atomic mass is 10.1. The molecule has 0 aliphatic carbocycles. The van der Waals surface area contributed by atoms with Crippen molar-refractivity contribution in [2.75, 3.05) is 68.7 Å². The minimum Gasteiger partial charge on any atom is -0.370 e. The van der Waals surface area contributed by atoms with Crippen molar-refractivity contribution in [3.63, 3.8) is 0 Å². The van der Waals surface area contributed by atoms with E-state index in [0.29, 0.717) is 26.1 Å². The number of halogens is 6. The van der Waals surface area contributed by atoms with Crippen LogP contribution in [0, 0.1) is 0 Å². The lowest BCUT2D eigenvalue weighted by Gasteiger charge is -2.36. The molecule has 0 saturated carbocycles. The second kappa shape index (κ2) is 13.8. The van der Waals surface area contributed by atoms with Gasteiger partial charge >= 0.3 is 11.7 Å². The Kier molecular flexibility index (Phi) is 11.0. The Balaban J connectivity index is 0.00000441. The predicted molar refractivity (Wildman–Crippen MR) is 148 cm³/mol. The summed E-state index contributed by atoms with van der Waals surface area (Å²) in [5.41, 5.74) is -3.32. The molecule has 2 saturated heterocycles. The Labute approximate surface area is 236 Å². The van der Waals surface area contributed by atoms with E-state index in [1.807, 2.05) is 4.90 Å². The Hall–Kier alpha value is -2.60. The number of carbonyl (C=O) groups is 1. The third-order valence-electron chi connectivity index (χ3n) is 7.08. The van der Waals surface area contributed by atoms with Crippen LogP contribution in [0.4, 0.5) is 37.7 Å². The fourth-order valence-electron chi connectivity index (χ4n) is 4.99. The van der Waals surface area contributed by atoms with E-state index in [-0.39, 0.29) is 30.0 Å². The van der Waals surface area contributed by atoms with Crippen molar-refractivity contribution in [3.8, 4) is 0 Å². The van der Waals surface area contributed by atoms with Crippen LogP contribution in [0.15, 0.2) is 53.4 Å². The summed E-state index contributed by atoms with van der Waals surface area (Å²) in [5.74, 6) is 0.108. The molecule has 0 N–H and O–H groups in total. The maximum absolute atomic E-state index is 12.8. The molecule has 40 heavy (non-hydrogen) atoms. The number of hydrogen-bond acceptors (Lipinski definition) is 5. The zero-order valence-electron chi connectivity index (χ0n) is 21.5. The third kappa shape index (κ3) is 9.22. The number of carbonyl (C=O) groups excluding carboxylic acids is 1. The molecule has 0 atom stereocenters. The first-order valence-electron chi connectivity index (χ1n) is 13.0. The number of alkyl halides is 6. The first kappa shape index (κ1) is 31.9. The number of anilines is 2. The minimum atomic E-state index is -4.34. The van der Waals surface area contributed by atoms with Crippen LogP contribution in [0.5, 0.6) is 0 Å². The van der Waals surface area contributed by atoms with Gasteiger partial charge in [-0.2, -0.15) is 26.3 Å². The fourth-order valence-corrected chi connectivity index (χ4v) is 5.53. The van der Waals surface area contributed by atoms with Gasteiger partial charge in [0.25, 0.3) is 0 Å². The SMILES string of the molecule is C.O=C(CCCN1CCN(c2ccc(C(F)(F)F)cc2)CC1)N1CCCN(c2ccc(SC(F)(F)F)cc2)CC1. The van der Waals surface area contributed by atoms with Crippen LogP contribution in [0.3, 0.4) is 0 Å². The molecular weight excluding hydrogens is 554 g/mol. The van der Waals surface area contributed by atoms with Gasteiger partial charge in [-0.25, -0.2) is 0 Å². The summed E-state index contributed by atoms with van der Waals surface area (Å²) in [5, 5.41) is 0. The normalized spacial score (nSPS) is 17.4. The summed E-state index contributed by atoms with van der Waals surface area (Å²) in [7, 11) is 0. The molecular formula is C28H36F6N4OS. The monoisotopic (exact) mass is 590 g/mol. The molecule has 2 aliphatic rings. The van der Waals surface area contributed by atoms with Gasteiger partial charge in [0.1, 0.15) is 0 Å². The number of rotatable bonds is 7. The molecule has 0 spiro atoms. The van der Waals surface area contributed by atoms with Crippen molar-refractivity contribution >= 4 is 29.0 Å². The largest absolute Gasteiger partial charge is 0.446 e. The van der Waals surface area contributed by atoms with Crippen LogP contribution in [0.1, 0.15) is 32.3 Å². The van der Waals surface area contributed by atoms with Crippen LogP contribution < -0.4 is 9.80 Å². The molecule has 0 radical (unpaired) electrons. The van der Waals surface area contributed by atoms with E-state index in [0.717, 1.165) is 75.6 Å². The molecule has 2 heterocycles. The van der Waals surface area contributed by atoms with E-state index in [2.05, 4.69) is 14.7 Å². The van der Waals surface area contributed by atoms with Crippen LogP contribution in [-0.2, 0) is 11.0 Å². The van der Waals surface area contributed by atoms with Gasteiger partial charge in [-0.15, -0.1) is 0 Å². The summed E-state index contributed by atoms with van der Waals surface area (Å²) >= 11 is -0.129. The molecule has 0 unspecified atom stereocenters. The summed E-state index contributed by atoms with van der Waals surface area (Å²) in [6, 6.07) is 11.6. The standard InChI is InChI=1S/C27H32F6N4OS.CH4/c28-26(29,30)21-4-6-22(7-5-21)36-17-15-34(16-18-36)12-1-3-25(38)37-14-2-13-35(19-20-37)23-8-10-24(11-9-23)39-27(31,32)33;/h4-11H,1-3,12-20H2;1H4. The van der Waals surface area contributed by atoms with Gasteiger partial charge in [-0.05, 0) is 79.7 Å². The lowest BCUT2D eigenvalue weighted by Crippen LogP contribution is -2.46. The highest BCUT2D eigenvalue weighted by Gasteiger charge is 2.31. The highest BCUT2D eigenvalue weighted by Crippen LogP contribution is 2.37. The van der Waals surface area contributed by atoms with Crippen molar-refractivity contribution in [2.45, 2.75) is 43.3 Å². The summed E-state index contributed by atoms with van der Waals surface area (Å²) in [6.07, 6.45) is -2.37. The molecule has 1 amide bonds. The summed E-state index contributed by atoms with van der Waals surface area (Å²) < 4.78 is 76.1. The maximum atomic E-state index is 12.8. The Morgan fingerprint density at radius 1 is 0.725 bits per heavy atom. The lowest BCUT2D eigenvalue weighted by molar-refractivity contribution is -0.137. The number of amides is 1. The van der Waals surface area contributed by atoms with Crippen LogP contribution in [-0.4, -0.2) is 80.1 Å². The van der Waals surface area contributed by atoms with Crippen LogP contribution in [0.2, 0.25) is 0 Å². The van der Waals surface area contributed by atoms with E-state index >= 15 is 0 Å².